The summed E-state index contributed by atoms with van der Waals surface area (Å²) in [6.07, 6.45) is -1.04. The predicted molar refractivity (Wildman–Crippen MR) is 133 cm³/mol. The fourth-order valence-electron chi connectivity index (χ4n) is 3.47. The van der Waals surface area contributed by atoms with Crippen LogP contribution in [0.5, 0.6) is 0 Å². The van der Waals surface area contributed by atoms with Crippen LogP contribution in [-0.2, 0) is 4.43 Å². The molecular formula is C20H27BrClN5O5Si. The molecule has 13 heteroatoms. The molecule has 1 saturated heterocycles. The van der Waals surface area contributed by atoms with Gasteiger partial charge >= 0.3 is 11.9 Å². The van der Waals surface area contributed by atoms with Crippen molar-refractivity contribution in [2.24, 2.45) is 0 Å². The molecular weight excluding hydrogens is 534 g/mol. The minimum Gasteiger partial charge on any atom is -0.465 e. The van der Waals surface area contributed by atoms with E-state index in [1.54, 1.807) is 12.1 Å². The van der Waals surface area contributed by atoms with Crippen LogP contribution in [0.1, 0.15) is 20.8 Å². The third kappa shape index (κ3) is 5.23. The van der Waals surface area contributed by atoms with Crippen molar-refractivity contribution in [3.63, 3.8) is 0 Å². The Morgan fingerprint density at radius 2 is 2.03 bits per heavy atom. The van der Waals surface area contributed by atoms with E-state index in [1.807, 2.05) is 4.90 Å². The summed E-state index contributed by atoms with van der Waals surface area (Å²) in [5, 5.41) is 30.2. The van der Waals surface area contributed by atoms with Gasteiger partial charge in [-0.15, -0.1) is 0 Å². The zero-order valence-corrected chi connectivity index (χ0v) is 22.5. The Bertz CT molecular complexity index is 1100. The Balaban J connectivity index is 2.11. The first kappa shape index (κ1) is 25.6. The largest absolute Gasteiger partial charge is 0.465 e. The van der Waals surface area contributed by atoms with E-state index in [-0.39, 0.29) is 37.0 Å². The summed E-state index contributed by atoms with van der Waals surface area (Å²) in [7, 11) is -2.16. The molecule has 33 heavy (non-hydrogen) atoms. The van der Waals surface area contributed by atoms with Crippen molar-refractivity contribution in [3.05, 3.63) is 31.7 Å². The van der Waals surface area contributed by atoms with Gasteiger partial charge < -0.3 is 29.4 Å². The molecule has 0 spiro atoms. The van der Waals surface area contributed by atoms with Crippen molar-refractivity contribution < 1.29 is 19.3 Å². The standard InChI is InChI=1S/C20H27BrClN5O5Si/c1-20(2,3)33(4,5)32-11-12-10-25(19(28)29)6-7-26(12)17-13-8-15(22)14(21)9-16(13)23-24-18(17)27(30)31/h8-9,12H,6-7,10-11H2,1-5H3,(H,28,29). The first-order valence-corrected chi connectivity index (χ1v) is 14.5. The van der Waals surface area contributed by atoms with Crippen LogP contribution < -0.4 is 4.90 Å². The smallest absolute Gasteiger partial charge is 0.414 e. The quantitative estimate of drug-likeness (QED) is 0.303. The van der Waals surface area contributed by atoms with Gasteiger partial charge in [0.25, 0.3) is 0 Å². The molecule has 1 fully saturated rings. The van der Waals surface area contributed by atoms with Gasteiger partial charge in [-0.25, -0.2) is 4.79 Å². The van der Waals surface area contributed by atoms with Gasteiger partial charge in [-0.05, 0) is 56.2 Å². The Kier molecular flexibility index (Phi) is 7.23. The second-order valence-electron chi connectivity index (χ2n) is 9.56. The van der Waals surface area contributed by atoms with E-state index < -0.39 is 31.2 Å². The van der Waals surface area contributed by atoms with E-state index in [0.29, 0.717) is 20.4 Å². The van der Waals surface area contributed by atoms with E-state index in [1.165, 1.54) is 4.90 Å². The first-order valence-electron chi connectivity index (χ1n) is 10.4. The molecule has 1 atom stereocenters. The van der Waals surface area contributed by atoms with Crippen LogP contribution in [0.4, 0.5) is 16.3 Å². The number of nitro groups is 1. The molecule has 10 nitrogen and oxygen atoms in total. The van der Waals surface area contributed by atoms with Crippen molar-refractivity contribution in [3.8, 4) is 0 Å². The minimum atomic E-state index is -2.16. The molecule has 1 amide bonds. The second kappa shape index (κ2) is 9.32. The van der Waals surface area contributed by atoms with Crippen LogP contribution in [0, 0.1) is 10.1 Å². The molecule has 1 unspecified atom stereocenters. The van der Waals surface area contributed by atoms with E-state index in [9.17, 15) is 20.0 Å². The average molecular weight is 561 g/mol. The van der Waals surface area contributed by atoms with Crippen molar-refractivity contribution in [1.82, 2.24) is 15.1 Å². The van der Waals surface area contributed by atoms with Gasteiger partial charge in [-0.1, -0.05) is 32.4 Å². The molecule has 0 bridgehead atoms. The Morgan fingerprint density at radius 3 is 2.61 bits per heavy atom. The van der Waals surface area contributed by atoms with Gasteiger partial charge in [0, 0.05) is 29.5 Å². The lowest BCUT2D eigenvalue weighted by atomic mass is 10.1. The lowest BCUT2D eigenvalue weighted by molar-refractivity contribution is -0.389. The monoisotopic (exact) mass is 559 g/mol. The second-order valence-corrected chi connectivity index (χ2v) is 15.6. The lowest BCUT2D eigenvalue weighted by Crippen LogP contribution is -2.58. The number of anilines is 1. The number of carbonyl (C=O) groups is 1. The topological polar surface area (TPSA) is 122 Å². The van der Waals surface area contributed by atoms with Crippen LogP contribution in [0.2, 0.25) is 23.2 Å². The normalized spacial score (nSPS) is 17.5. The zero-order chi connectivity index (χ0) is 24.7. The molecule has 1 aliphatic heterocycles. The number of hydrogen-bond acceptors (Lipinski definition) is 7. The highest BCUT2D eigenvalue weighted by molar-refractivity contribution is 9.10. The molecule has 2 heterocycles. The number of benzene rings is 1. The van der Waals surface area contributed by atoms with Crippen molar-refractivity contribution in [2.75, 3.05) is 31.1 Å². The van der Waals surface area contributed by atoms with Crippen LogP contribution in [-0.4, -0.2) is 71.8 Å². The molecule has 1 aliphatic rings. The molecule has 1 aromatic carbocycles. The number of aromatic nitrogens is 2. The van der Waals surface area contributed by atoms with Crippen molar-refractivity contribution in [1.29, 1.82) is 0 Å². The molecule has 3 rings (SSSR count). The third-order valence-electron chi connectivity index (χ3n) is 6.41. The van der Waals surface area contributed by atoms with Crippen molar-refractivity contribution in [2.45, 2.75) is 44.9 Å². The van der Waals surface area contributed by atoms with E-state index in [2.05, 4.69) is 60.0 Å². The summed E-state index contributed by atoms with van der Waals surface area (Å²) in [6.45, 7) is 11.4. The van der Waals surface area contributed by atoms with Crippen LogP contribution in [0.25, 0.3) is 10.9 Å². The zero-order valence-electron chi connectivity index (χ0n) is 19.1. The SMILES string of the molecule is CC(C)(C)[Si](C)(C)OCC1CN(C(=O)O)CCN1c1c([N+](=O)[O-])nnc2cc(Br)c(Cl)cc12. The maximum atomic E-state index is 11.9. The van der Waals surface area contributed by atoms with E-state index in [4.69, 9.17) is 16.0 Å². The minimum absolute atomic E-state index is 0.0459. The summed E-state index contributed by atoms with van der Waals surface area (Å²) in [6, 6.07) is 2.83. The van der Waals surface area contributed by atoms with E-state index >= 15 is 0 Å². The molecule has 2 aromatic rings. The molecule has 1 aromatic heterocycles. The highest BCUT2D eigenvalue weighted by Crippen LogP contribution is 2.40. The van der Waals surface area contributed by atoms with Gasteiger partial charge in [0.15, 0.2) is 8.32 Å². The van der Waals surface area contributed by atoms with Crippen LogP contribution in [0.3, 0.4) is 0 Å². The number of rotatable bonds is 5. The number of nitrogens with zero attached hydrogens (tertiary/aromatic N) is 5. The highest BCUT2D eigenvalue weighted by Gasteiger charge is 2.41. The average Bonchev–Trinajstić information content (AvgIpc) is 2.71. The maximum absolute atomic E-state index is 11.9. The Labute approximate surface area is 206 Å². The molecule has 180 valence electrons. The van der Waals surface area contributed by atoms with Gasteiger partial charge in [0.1, 0.15) is 11.2 Å². The predicted octanol–water partition coefficient (Wildman–Crippen LogP) is 5.14. The number of carboxylic acid groups (broad SMARTS) is 1. The number of amides is 1. The summed E-state index contributed by atoms with van der Waals surface area (Å²) < 4.78 is 7.00. The summed E-state index contributed by atoms with van der Waals surface area (Å²) in [5.41, 5.74) is 0.713. The summed E-state index contributed by atoms with van der Waals surface area (Å²) in [5.74, 6) is -0.401. The third-order valence-corrected chi connectivity index (χ3v) is 12.1. The summed E-state index contributed by atoms with van der Waals surface area (Å²) in [4.78, 5) is 26.1. The first-order chi connectivity index (χ1) is 15.2. The molecule has 0 radical (unpaired) electrons. The van der Waals surface area contributed by atoms with Crippen LogP contribution >= 0.6 is 27.5 Å². The summed E-state index contributed by atoms with van der Waals surface area (Å²) >= 11 is 9.66. The number of hydrogen-bond donors (Lipinski definition) is 1. The maximum Gasteiger partial charge on any atom is 0.414 e. The highest BCUT2D eigenvalue weighted by atomic mass is 79.9. The lowest BCUT2D eigenvalue weighted by Gasteiger charge is -2.44. The molecule has 0 aliphatic carbocycles. The fourth-order valence-corrected chi connectivity index (χ4v) is 5.01. The van der Waals surface area contributed by atoms with E-state index in [0.717, 1.165) is 0 Å². The van der Waals surface area contributed by atoms with Gasteiger partial charge in [0.2, 0.25) is 0 Å². The Hall–Kier alpha value is -2.02. The van der Waals surface area contributed by atoms with Gasteiger partial charge in [-0.3, -0.25) is 0 Å². The Morgan fingerprint density at radius 1 is 1.36 bits per heavy atom. The van der Waals surface area contributed by atoms with Crippen molar-refractivity contribution >= 4 is 64.3 Å². The fraction of sp³-hybridized carbons (Fsp3) is 0.550. The molecule has 1 N–H and O–H groups in total. The molecule has 0 saturated carbocycles. The number of halogens is 2. The van der Waals surface area contributed by atoms with Crippen LogP contribution in [0.15, 0.2) is 16.6 Å². The van der Waals surface area contributed by atoms with Gasteiger partial charge in [-0.2, -0.15) is 0 Å². The number of piperazine rings is 1. The van der Waals surface area contributed by atoms with Gasteiger partial charge in [0.05, 0.1) is 22.8 Å². The number of fused-ring (bicyclic) bond motifs is 1.